The van der Waals surface area contributed by atoms with Crippen molar-refractivity contribution in [1.82, 2.24) is 4.31 Å². The number of sulfonamides is 1. The molecule has 1 saturated carbocycles. The first-order chi connectivity index (χ1) is 14.2. The molecule has 0 bridgehead atoms. The molecule has 1 aliphatic carbocycles. The molecule has 3 rings (SSSR count). The summed E-state index contributed by atoms with van der Waals surface area (Å²) in [4.78, 5) is 13.1. The molecule has 1 aliphatic rings. The van der Waals surface area contributed by atoms with Gasteiger partial charge in [-0.15, -0.1) is 0 Å². The molecule has 0 radical (unpaired) electrons. The van der Waals surface area contributed by atoms with Crippen molar-refractivity contribution >= 4 is 21.6 Å². The van der Waals surface area contributed by atoms with E-state index in [1.54, 1.807) is 25.2 Å². The van der Waals surface area contributed by atoms with E-state index in [2.05, 4.69) is 19.2 Å². The quantitative estimate of drug-likeness (QED) is 0.677. The predicted octanol–water partition coefficient (Wildman–Crippen LogP) is 5.32. The minimum absolute atomic E-state index is 0.0294. The highest BCUT2D eigenvalue weighted by molar-refractivity contribution is 7.89. The number of nitrogens with zero attached hydrogens (tertiary/aromatic N) is 1. The van der Waals surface area contributed by atoms with Crippen LogP contribution in [0.1, 0.15) is 73.4 Å². The highest BCUT2D eigenvalue weighted by Crippen LogP contribution is 2.29. The van der Waals surface area contributed by atoms with Crippen molar-refractivity contribution in [3.63, 3.8) is 0 Å². The van der Waals surface area contributed by atoms with E-state index >= 15 is 0 Å². The molecular weight excluding hydrogens is 396 g/mol. The smallest absolute Gasteiger partial charge is 0.255 e. The minimum atomic E-state index is -3.64. The first kappa shape index (κ1) is 22.5. The standard InChI is InChI=1S/C24H32N2O3S/c1-17(2)22-15-8-10-18(3)23(22)25-24(27)19-11-9-14-21(16-19)30(28,29)26(4)20-12-6-5-7-13-20/h8-11,14-17,20H,5-7,12-13H2,1-4H3,(H,25,27). The van der Waals surface area contributed by atoms with Gasteiger partial charge in [0.1, 0.15) is 0 Å². The summed E-state index contributed by atoms with van der Waals surface area (Å²) in [5.74, 6) is -0.0420. The second-order valence-corrected chi connectivity index (χ2v) is 10.5. The zero-order valence-corrected chi connectivity index (χ0v) is 19.1. The van der Waals surface area contributed by atoms with E-state index in [9.17, 15) is 13.2 Å². The van der Waals surface area contributed by atoms with Crippen LogP contribution in [0.25, 0.3) is 0 Å². The van der Waals surface area contributed by atoms with E-state index in [4.69, 9.17) is 0 Å². The molecule has 1 amide bonds. The second kappa shape index (κ2) is 9.31. The largest absolute Gasteiger partial charge is 0.321 e. The van der Waals surface area contributed by atoms with E-state index < -0.39 is 10.0 Å². The number of amides is 1. The molecule has 30 heavy (non-hydrogen) atoms. The van der Waals surface area contributed by atoms with Gasteiger partial charge in [0.15, 0.2) is 0 Å². The summed E-state index contributed by atoms with van der Waals surface area (Å²) in [5.41, 5.74) is 3.18. The Kier molecular flexibility index (Phi) is 6.98. The Hall–Kier alpha value is -2.18. The van der Waals surface area contributed by atoms with Crippen LogP contribution in [0.15, 0.2) is 47.4 Å². The molecule has 0 aromatic heterocycles. The number of para-hydroxylation sites is 1. The lowest BCUT2D eigenvalue weighted by atomic mass is 9.96. The van der Waals surface area contributed by atoms with Gasteiger partial charge in [-0.25, -0.2) is 8.42 Å². The van der Waals surface area contributed by atoms with Gasteiger partial charge in [0.2, 0.25) is 10.0 Å². The van der Waals surface area contributed by atoms with Gasteiger partial charge >= 0.3 is 0 Å². The van der Waals surface area contributed by atoms with Crippen LogP contribution < -0.4 is 5.32 Å². The van der Waals surface area contributed by atoms with Crippen LogP contribution in [0.2, 0.25) is 0 Å². The van der Waals surface area contributed by atoms with Gasteiger partial charge in [-0.2, -0.15) is 4.31 Å². The second-order valence-electron chi connectivity index (χ2n) is 8.49. The minimum Gasteiger partial charge on any atom is -0.321 e. The summed E-state index contributed by atoms with van der Waals surface area (Å²) in [6.07, 6.45) is 5.06. The number of aryl methyl sites for hydroxylation is 1. The number of benzene rings is 2. The molecular formula is C24H32N2O3S. The molecule has 1 fully saturated rings. The maximum Gasteiger partial charge on any atom is 0.255 e. The molecule has 0 unspecified atom stereocenters. The van der Waals surface area contributed by atoms with Crippen LogP contribution in [0.5, 0.6) is 0 Å². The lowest BCUT2D eigenvalue weighted by Crippen LogP contribution is -2.38. The summed E-state index contributed by atoms with van der Waals surface area (Å²) in [6.45, 7) is 6.12. The van der Waals surface area contributed by atoms with Gasteiger partial charge in [-0.05, 0) is 55.0 Å². The Labute approximate surface area is 180 Å². The summed E-state index contributed by atoms with van der Waals surface area (Å²) in [6, 6.07) is 12.3. The van der Waals surface area contributed by atoms with Gasteiger partial charge in [-0.3, -0.25) is 4.79 Å². The third kappa shape index (κ3) is 4.76. The fourth-order valence-electron chi connectivity index (χ4n) is 4.13. The number of nitrogens with one attached hydrogen (secondary N) is 1. The van der Waals surface area contributed by atoms with Crippen LogP contribution >= 0.6 is 0 Å². The van der Waals surface area contributed by atoms with E-state index in [1.807, 2.05) is 25.1 Å². The predicted molar refractivity (Wildman–Crippen MR) is 121 cm³/mol. The number of hydrogen-bond donors (Lipinski definition) is 1. The Morgan fingerprint density at radius 3 is 2.40 bits per heavy atom. The number of rotatable bonds is 6. The Bertz CT molecular complexity index is 1010. The van der Waals surface area contributed by atoms with Gasteiger partial charge in [0, 0.05) is 24.3 Å². The van der Waals surface area contributed by atoms with E-state index in [0.717, 1.165) is 48.9 Å². The van der Waals surface area contributed by atoms with Crippen molar-refractivity contribution in [2.75, 3.05) is 12.4 Å². The summed E-state index contributed by atoms with van der Waals surface area (Å²) < 4.78 is 27.8. The van der Waals surface area contributed by atoms with E-state index in [0.29, 0.717) is 5.56 Å². The summed E-state index contributed by atoms with van der Waals surface area (Å²) in [7, 11) is -1.99. The van der Waals surface area contributed by atoms with E-state index in [1.165, 1.54) is 10.4 Å². The van der Waals surface area contributed by atoms with Crippen molar-refractivity contribution in [2.45, 2.75) is 69.7 Å². The third-order valence-corrected chi connectivity index (χ3v) is 7.93. The third-order valence-electron chi connectivity index (χ3n) is 6.03. The van der Waals surface area contributed by atoms with Gasteiger partial charge in [0.05, 0.1) is 4.90 Å². The highest BCUT2D eigenvalue weighted by Gasteiger charge is 2.29. The topological polar surface area (TPSA) is 66.5 Å². The first-order valence-corrected chi connectivity index (χ1v) is 12.1. The van der Waals surface area contributed by atoms with Gasteiger partial charge in [-0.1, -0.05) is 57.4 Å². The summed E-state index contributed by atoms with van der Waals surface area (Å²) in [5, 5.41) is 3.00. The van der Waals surface area contributed by atoms with Crippen LogP contribution in [-0.4, -0.2) is 31.7 Å². The van der Waals surface area contributed by atoms with Gasteiger partial charge in [0.25, 0.3) is 5.91 Å². The molecule has 6 heteroatoms. The van der Waals surface area contributed by atoms with Crippen molar-refractivity contribution in [1.29, 1.82) is 0 Å². The van der Waals surface area contributed by atoms with Crippen molar-refractivity contribution in [2.24, 2.45) is 0 Å². The Balaban J connectivity index is 1.86. The maximum atomic E-state index is 13.2. The van der Waals surface area contributed by atoms with Crippen LogP contribution in [0.4, 0.5) is 5.69 Å². The molecule has 5 nitrogen and oxygen atoms in total. The lowest BCUT2D eigenvalue weighted by Gasteiger charge is -2.30. The molecule has 0 saturated heterocycles. The molecule has 162 valence electrons. The molecule has 0 atom stereocenters. The number of carbonyl (C=O) groups is 1. The Morgan fingerprint density at radius 1 is 1.07 bits per heavy atom. The molecule has 0 heterocycles. The van der Waals surface area contributed by atoms with Crippen molar-refractivity contribution < 1.29 is 13.2 Å². The number of hydrogen-bond acceptors (Lipinski definition) is 3. The summed E-state index contributed by atoms with van der Waals surface area (Å²) >= 11 is 0. The monoisotopic (exact) mass is 428 g/mol. The number of anilines is 1. The first-order valence-electron chi connectivity index (χ1n) is 10.7. The van der Waals surface area contributed by atoms with Crippen molar-refractivity contribution in [3.8, 4) is 0 Å². The highest BCUT2D eigenvalue weighted by atomic mass is 32.2. The fourth-order valence-corrected chi connectivity index (χ4v) is 5.60. The molecule has 2 aromatic carbocycles. The molecule has 2 aromatic rings. The normalized spacial score (nSPS) is 15.5. The average molecular weight is 429 g/mol. The lowest BCUT2D eigenvalue weighted by molar-refractivity contribution is 0.102. The molecule has 0 aliphatic heterocycles. The average Bonchev–Trinajstić information content (AvgIpc) is 2.75. The zero-order chi connectivity index (χ0) is 21.9. The van der Waals surface area contributed by atoms with E-state index in [-0.39, 0.29) is 22.8 Å². The maximum absolute atomic E-state index is 13.2. The molecule has 1 N–H and O–H groups in total. The van der Waals surface area contributed by atoms with Gasteiger partial charge < -0.3 is 5.32 Å². The van der Waals surface area contributed by atoms with Crippen LogP contribution in [0.3, 0.4) is 0 Å². The van der Waals surface area contributed by atoms with Crippen LogP contribution in [0, 0.1) is 6.92 Å². The van der Waals surface area contributed by atoms with Crippen LogP contribution in [-0.2, 0) is 10.0 Å². The van der Waals surface area contributed by atoms with Crippen molar-refractivity contribution in [3.05, 3.63) is 59.2 Å². The SMILES string of the molecule is Cc1cccc(C(C)C)c1NC(=O)c1cccc(S(=O)(=O)N(C)C2CCCCC2)c1. The Morgan fingerprint density at radius 2 is 1.73 bits per heavy atom. The zero-order valence-electron chi connectivity index (χ0n) is 18.3. The fraction of sp³-hybridized carbons (Fsp3) is 0.458. The molecule has 0 spiro atoms. The number of carbonyl (C=O) groups excluding carboxylic acids is 1.